The number of nitrogens with zero attached hydrogens (tertiary/aromatic N) is 4. The van der Waals surface area contributed by atoms with Crippen molar-refractivity contribution in [2.45, 2.75) is 0 Å². The maximum absolute atomic E-state index is 11.0. The topological polar surface area (TPSA) is 86.7 Å². The van der Waals surface area contributed by atoms with Gasteiger partial charge in [-0.05, 0) is 17.3 Å². The molecule has 1 amide bonds. The third kappa shape index (κ3) is 1.83. The van der Waals surface area contributed by atoms with Gasteiger partial charge < -0.3 is 5.73 Å². The molecule has 0 aliphatic rings. The summed E-state index contributed by atoms with van der Waals surface area (Å²) in [6, 6.07) is 6.80. The Hall–Kier alpha value is -2.24. The van der Waals surface area contributed by atoms with Gasteiger partial charge in [0.1, 0.15) is 0 Å². The molecule has 2 N–H and O–H groups in total. The summed E-state index contributed by atoms with van der Waals surface area (Å²) in [5, 5.41) is 11.6. The van der Waals surface area contributed by atoms with Crippen LogP contribution >= 0.6 is 0 Å². The Morgan fingerprint density at radius 3 is 2.87 bits per heavy atom. The average Bonchev–Trinajstić information content (AvgIpc) is 2.65. The fourth-order valence-electron chi connectivity index (χ4n) is 1.21. The van der Waals surface area contributed by atoms with Crippen molar-refractivity contribution in [3.8, 4) is 11.4 Å². The quantitative estimate of drug-likeness (QED) is 0.742. The lowest BCUT2D eigenvalue weighted by molar-refractivity contribution is 0.100. The first kappa shape index (κ1) is 9.32. The van der Waals surface area contributed by atoms with E-state index in [1.165, 1.54) is 4.80 Å². The molecule has 2 aromatic rings. The van der Waals surface area contributed by atoms with Gasteiger partial charge in [0.15, 0.2) is 0 Å². The number of amides is 1. The van der Waals surface area contributed by atoms with Crippen LogP contribution in [0.4, 0.5) is 0 Å². The van der Waals surface area contributed by atoms with Gasteiger partial charge in [-0.3, -0.25) is 4.79 Å². The molecule has 6 nitrogen and oxygen atoms in total. The molecule has 1 aromatic carbocycles. The number of carbonyl (C=O) groups excluding carboxylic acids is 1. The highest BCUT2D eigenvalue weighted by Gasteiger charge is 2.06. The van der Waals surface area contributed by atoms with Crippen molar-refractivity contribution in [1.29, 1.82) is 0 Å². The van der Waals surface area contributed by atoms with Crippen LogP contribution in [-0.4, -0.2) is 26.1 Å². The fourth-order valence-corrected chi connectivity index (χ4v) is 1.21. The predicted molar refractivity (Wildman–Crippen MR) is 52.8 cm³/mol. The average molecular weight is 203 g/mol. The van der Waals surface area contributed by atoms with Crippen LogP contribution in [0.25, 0.3) is 11.4 Å². The first-order valence-corrected chi connectivity index (χ1v) is 4.31. The summed E-state index contributed by atoms with van der Waals surface area (Å²) in [4.78, 5) is 12.3. The molecule has 0 spiro atoms. The number of aryl methyl sites for hydroxylation is 1. The van der Waals surface area contributed by atoms with Gasteiger partial charge in [-0.15, -0.1) is 10.2 Å². The number of aromatic nitrogens is 4. The van der Waals surface area contributed by atoms with Gasteiger partial charge in [-0.25, -0.2) is 0 Å². The Labute approximate surface area is 85.7 Å². The van der Waals surface area contributed by atoms with Gasteiger partial charge in [0.05, 0.1) is 7.05 Å². The molecule has 0 saturated heterocycles. The molecule has 0 saturated carbocycles. The summed E-state index contributed by atoms with van der Waals surface area (Å²) < 4.78 is 0. The Morgan fingerprint density at radius 1 is 1.47 bits per heavy atom. The minimum atomic E-state index is -0.472. The highest BCUT2D eigenvalue weighted by Crippen LogP contribution is 2.14. The molecule has 6 heteroatoms. The molecule has 0 unspecified atom stereocenters. The largest absolute Gasteiger partial charge is 0.366 e. The van der Waals surface area contributed by atoms with Crippen LogP contribution in [0.2, 0.25) is 0 Å². The molecular formula is C9H9N5O. The molecular weight excluding hydrogens is 194 g/mol. The van der Waals surface area contributed by atoms with E-state index in [0.29, 0.717) is 11.4 Å². The molecule has 0 atom stereocenters. The normalized spacial score (nSPS) is 10.2. The molecule has 0 fully saturated rings. The molecule has 0 bridgehead atoms. The maximum Gasteiger partial charge on any atom is 0.248 e. The minimum absolute atomic E-state index is 0.431. The Morgan fingerprint density at radius 2 is 2.27 bits per heavy atom. The molecule has 2 rings (SSSR count). The molecule has 1 heterocycles. The number of carbonyl (C=O) groups is 1. The second-order valence-electron chi connectivity index (χ2n) is 3.05. The highest BCUT2D eigenvalue weighted by atomic mass is 16.1. The number of hydrogen-bond donors (Lipinski definition) is 1. The molecule has 0 aliphatic heterocycles. The number of tetrazole rings is 1. The van der Waals surface area contributed by atoms with E-state index >= 15 is 0 Å². The Balaban J connectivity index is 2.45. The second-order valence-corrected chi connectivity index (χ2v) is 3.05. The van der Waals surface area contributed by atoms with E-state index in [4.69, 9.17) is 5.73 Å². The number of benzene rings is 1. The van der Waals surface area contributed by atoms with Gasteiger partial charge in [-0.1, -0.05) is 12.1 Å². The molecule has 15 heavy (non-hydrogen) atoms. The van der Waals surface area contributed by atoms with Crippen molar-refractivity contribution in [3.05, 3.63) is 29.8 Å². The lowest BCUT2D eigenvalue weighted by Gasteiger charge is -1.97. The summed E-state index contributed by atoms with van der Waals surface area (Å²) in [5.74, 6) is 0.00124. The van der Waals surface area contributed by atoms with Crippen LogP contribution < -0.4 is 5.73 Å². The van der Waals surface area contributed by atoms with Crippen LogP contribution in [0, 0.1) is 0 Å². The van der Waals surface area contributed by atoms with Crippen LogP contribution in [0.1, 0.15) is 10.4 Å². The van der Waals surface area contributed by atoms with E-state index in [2.05, 4.69) is 15.4 Å². The zero-order chi connectivity index (χ0) is 10.8. The van der Waals surface area contributed by atoms with Gasteiger partial charge in [0.2, 0.25) is 11.7 Å². The van der Waals surface area contributed by atoms with Crippen LogP contribution in [0.5, 0.6) is 0 Å². The van der Waals surface area contributed by atoms with Crippen LogP contribution in [0.3, 0.4) is 0 Å². The first-order chi connectivity index (χ1) is 7.16. The summed E-state index contributed by atoms with van der Waals surface area (Å²) in [6.45, 7) is 0. The number of hydrogen-bond acceptors (Lipinski definition) is 4. The lowest BCUT2D eigenvalue weighted by Crippen LogP contribution is -2.10. The van der Waals surface area contributed by atoms with Crippen molar-refractivity contribution in [1.82, 2.24) is 20.2 Å². The summed E-state index contributed by atoms with van der Waals surface area (Å²) in [6.07, 6.45) is 0. The molecule has 0 aliphatic carbocycles. The van der Waals surface area contributed by atoms with Gasteiger partial charge in [-0.2, -0.15) is 4.80 Å². The second kappa shape index (κ2) is 3.49. The van der Waals surface area contributed by atoms with Crippen molar-refractivity contribution < 1.29 is 4.79 Å². The third-order valence-electron chi connectivity index (χ3n) is 1.91. The highest BCUT2D eigenvalue weighted by molar-refractivity contribution is 5.93. The maximum atomic E-state index is 11.0. The fraction of sp³-hybridized carbons (Fsp3) is 0.111. The number of nitrogens with two attached hydrogens (primary N) is 1. The standard InChI is InChI=1S/C9H9N5O/c1-14-12-9(11-13-14)7-4-2-3-6(5-7)8(10)15/h2-5H,1H3,(H2,10,15). The molecule has 0 radical (unpaired) electrons. The molecule has 1 aromatic heterocycles. The van der Waals surface area contributed by atoms with Gasteiger partial charge in [0.25, 0.3) is 0 Å². The van der Waals surface area contributed by atoms with E-state index in [9.17, 15) is 4.79 Å². The zero-order valence-electron chi connectivity index (χ0n) is 8.08. The van der Waals surface area contributed by atoms with Crippen LogP contribution in [0.15, 0.2) is 24.3 Å². The number of rotatable bonds is 2. The third-order valence-corrected chi connectivity index (χ3v) is 1.91. The van der Waals surface area contributed by atoms with E-state index in [1.807, 2.05) is 0 Å². The van der Waals surface area contributed by atoms with Crippen molar-refractivity contribution in [2.75, 3.05) is 0 Å². The predicted octanol–water partition coefficient (Wildman–Crippen LogP) is -0.0240. The SMILES string of the molecule is Cn1nnc(-c2cccc(C(N)=O)c2)n1. The smallest absolute Gasteiger partial charge is 0.248 e. The van der Waals surface area contributed by atoms with Crippen LogP contribution in [-0.2, 0) is 7.05 Å². The van der Waals surface area contributed by atoms with Crippen molar-refractivity contribution >= 4 is 5.91 Å². The minimum Gasteiger partial charge on any atom is -0.366 e. The van der Waals surface area contributed by atoms with E-state index < -0.39 is 5.91 Å². The first-order valence-electron chi connectivity index (χ1n) is 4.31. The van der Waals surface area contributed by atoms with E-state index in [-0.39, 0.29) is 0 Å². The lowest BCUT2D eigenvalue weighted by atomic mass is 10.1. The Kier molecular flexibility index (Phi) is 2.17. The van der Waals surface area contributed by atoms with E-state index in [1.54, 1.807) is 31.3 Å². The van der Waals surface area contributed by atoms with Gasteiger partial charge >= 0.3 is 0 Å². The number of primary amides is 1. The molecule has 76 valence electrons. The summed E-state index contributed by atoms with van der Waals surface area (Å²) in [5.41, 5.74) is 6.32. The Bertz CT molecular complexity index is 505. The van der Waals surface area contributed by atoms with Crippen molar-refractivity contribution in [2.24, 2.45) is 12.8 Å². The van der Waals surface area contributed by atoms with Crippen molar-refractivity contribution in [3.63, 3.8) is 0 Å². The summed E-state index contributed by atoms with van der Waals surface area (Å²) in [7, 11) is 1.68. The zero-order valence-corrected chi connectivity index (χ0v) is 8.08. The van der Waals surface area contributed by atoms with Gasteiger partial charge in [0, 0.05) is 11.1 Å². The summed E-state index contributed by atoms with van der Waals surface area (Å²) >= 11 is 0. The monoisotopic (exact) mass is 203 g/mol. The van der Waals surface area contributed by atoms with E-state index in [0.717, 1.165) is 5.56 Å².